The predicted molar refractivity (Wildman–Crippen MR) is 127 cm³/mol. The van der Waals surface area contributed by atoms with Crippen molar-refractivity contribution < 1.29 is 32.6 Å². The largest absolute Gasteiger partial charge is 0.487 e. The number of fused-ring (bicyclic) bond motifs is 1. The first-order valence-corrected chi connectivity index (χ1v) is 11.6. The van der Waals surface area contributed by atoms with Crippen LogP contribution in [-0.2, 0) is 35.4 Å². The van der Waals surface area contributed by atoms with Crippen LogP contribution in [0.1, 0.15) is 29.2 Å². The summed E-state index contributed by atoms with van der Waals surface area (Å²) >= 11 is 5.77. The summed E-state index contributed by atoms with van der Waals surface area (Å²) < 4.78 is 47.7. The van der Waals surface area contributed by atoms with E-state index >= 15 is 0 Å². The highest BCUT2D eigenvalue weighted by molar-refractivity contribution is 6.30. The first-order valence-electron chi connectivity index (χ1n) is 11.2. The van der Waals surface area contributed by atoms with Gasteiger partial charge in [0.1, 0.15) is 23.7 Å². The summed E-state index contributed by atoms with van der Waals surface area (Å²) in [6, 6.07) is 13.4. The first-order chi connectivity index (χ1) is 17.0. The lowest BCUT2D eigenvalue weighted by atomic mass is 9.91. The SMILES string of the molecule is C[C@@]1(Cc2ccc(Cl)c(F)c2)Cc2cc(CC(=O)N(CC(=O)O)Cc3cccc(F)c3F)ccc2O1. The number of halogens is 4. The van der Waals surface area contributed by atoms with Gasteiger partial charge in [-0.25, -0.2) is 13.2 Å². The van der Waals surface area contributed by atoms with Crippen LogP contribution in [0.2, 0.25) is 5.02 Å². The summed E-state index contributed by atoms with van der Waals surface area (Å²) in [5, 5.41) is 9.28. The zero-order chi connectivity index (χ0) is 26.0. The van der Waals surface area contributed by atoms with Gasteiger partial charge >= 0.3 is 5.97 Å². The molecule has 0 radical (unpaired) electrons. The van der Waals surface area contributed by atoms with Gasteiger partial charge in [-0.1, -0.05) is 41.9 Å². The monoisotopic (exact) mass is 517 g/mol. The van der Waals surface area contributed by atoms with Gasteiger partial charge in [-0.05, 0) is 47.9 Å². The minimum Gasteiger partial charge on any atom is -0.487 e. The standard InChI is InChI=1S/C27H23ClF3NO4/c1-27(12-17-5-7-20(28)22(30)10-17)13-19-9-16(6-8-23(19)36-27)11-24(33)32(15-25(34)35)14-18-3-2-4-21(29)26(18)31/h2-10H,11-15H2,1H3,(H,34,35)/t27-/m1/s1. The molecule has 1 amide bonds. The van der Waals surface area contributed by atoms with E-state index in [1.54, 1.807) is 18.2 Å². The molecule has 9 heteroatoms. The quantitative estimate of drug-likeness (QED) is 0.437. The van der Waals surface area contributed by atoms with Gasteiger partial charge < -0.3 is 14.7 Å². The van der Waals surface area contributed by atoms with E-state index < -0.39 is 41.5 Å². The van der Waals surface area contributed by atoms with Crippen LogP contribution in [0.4, 0.5) is 13.2 Å². The molecule has 1 N–H and O–H groups in total. The Kier molecular flexibility index (Phi) is 7.26. The van der Waals surface area contributed by atoms with Crippen LogP contribution < -0.4 is 4.74 Å². The Morgan fingerprint density at radius 2 is 1.81 bits per heavy atom. The van der Waals surface area contributed by atoms with Crippen molar-refractivity contribution in [2.75, 3.05) is 6.54 Å². The molecule has 0 bridgehead atoms. The van der Waals surface area contributed by atoms with Gasteiger partial charge in [0.25, 0.3) is 0 Å². The molecular weight excluding hydrogens is 495 g/mol. The fourth-order valence-corrected chi connectivity index (χ4v) is 4.54. The van der Waals surface area contributed by atoms with Crippen LogP contribution in [0, 0.1) is 17.5 Å². The second-order valence-corrected chi connectivity index (χ2v) is 9.54. The Bertz CT molecular complexity index is 1330. The highest BCUT2D eigenvalue weighted by atomic mass is 35.5. The number of hydrogen-bond acceptors (Lipinski definition) is 3. The van der Waals surface area contributed by atoms with E-state index in [1.165, 1.54) is 24.3 Å². The summed E-state index contributed by atoms with van der Waals surface area (Å²) in [4.78, 5) is 25.2. The smallest absolute Gasteiger partial charge is 0.323 e. The maximum absolute atomic E-state index is 14.1. The van der Waals surface area contributed by atoms with E-state index in [4.69, 9.17) is 16.3 Å². The number of ether oxygens (including phenoxy) is 1. The Morgan fingerprint density at radius 3 is 2.53 bits per heavy atom. The molecule has 1 atom stereocenters. The van der Waals surface area contributed by atoms with Crippen molar-refractivity contribution in [3.8, 4) is 5.75 Å². The number of carbonyl (C=O) groups is 2. The molecule has 1 aliphatic heterocycles. The fraction of sp³-hybridized carbons (Fsp3) is 0.259. The van der Waals surface area contributed by atoms with Gasteiger partial charge in [-0.15, -0.1) is 0 Å². The predicted octanol–water partition coefficient (Wildman–Crippen LogP) is 5.35. The Morgan fingerprint density at radius 1 is 1.06 bits per heavy atom. The summed E-state index contributed by atoms with van der Waals surface area (Å²) in [7, 11) is 0. The van der Waals surface area contributed by atoms with Crippen molar-refractivity contribution in [2.24, 2.45) is 0 Å². The van der Waals surface area contributed by atoms with Crippen LogP contribution in [-0.4, -0.2) is 34.0 Å². The molecule has 0 saturated heterocycles. The molecule has 0 spiro atoms. The van der Waals surface area contributed by atoms with Crippen LogP contribution in [0.25, 0.3) is 0 Å². The zero-order valence-corrected chi connectivity index (χ0v) is 20.1. The van der Waals surface area contributed by atoms with Crippen LogP contribution in [0.5, 0.6) is 5.75 Å². The molecule has 0 unspecified atom stereocenters. The average Bonchev–Trinajstić information content (AvgIpc) is 3.13. The van der Waals surface area contributed by atoms with Gasteiger partial charge in [0, 0.05) is 24.9 Å². The van der Waals surface area contributed by atoms with Gasteiger partial charge in [0.2, 0.25) is 5.91 Å². The molecule has 0 fully saturated rings. The summed E-state index contributed by atoms with van der Waals surface area (Å²) in [5.74, 6) is -3.85. The summed E-state index contributed by atoms with van der Waals surface area (Å²) in [5.41, 5.74) is 1.48. The van der Waals surface area contributed by atoms with E-state index in [0.717, 1.165) is 22.1 Å². The minimum absolute atomic E-state index is 0.0471. The van der Waals surface area contributed by atoms with Crippen molar-refractivity contribution in [1.29, 1.82) is 0 Å². The normalized spacial score (nSPS) is 16.4. The number of rotatable bonds is 8. The van der Waals surface area contributed by atoms with Crippen molar-refractivity contribution in [3.05, 3.63) is 99.3 Å². The number of benzene rings is 3. The molecule has 1 aliphatic rings. The van der Waals surface area contributed by atoms with Gasteiger partial charge in [0.15, 0.2) is 11.6 Å². The number of nitrogens with zero attached hydrogens (tertiary/aromatic N) is 1. The average molecular weight is 518 g/mol. The highest BCUT2D eigenvalue weighted by Gasteiger charge is 2.35. The summed E-state index contributed by atoms with van der Waals surface area (Å²) in [6.07, 6.45) is 0.828. The fourth-order valence-electron chi connectivity index (χ4n) is 4.42. The lowest BCUT2D eigenvalue weighted by Crippen LogP contribution is -2.36. The number of hydrogen-bond donors (Lipinski definition) is 1. The third kappa shape index (κ3) is 5.82. The maximum atomic E-state index is 14.1. The Balaban J connectivity index is 1.47. The van der Waals surface area contributed by atoms with Gasteiger partial charge in [-0.2, -0.15) is 0 Å². The van der Waals surface area contributed by atoms with E-state index in [-0.39, 0.29) is 23.6 Å². The van der Waals surface area contributed by atoms with Crippen LogP contribution in [0.3, 0.4) is 0 Å². The lowest BCUT2D eigenvalue weighted by molar-refractivity contribution is -0.144. The first kappa shape index (κ1) is 25.6. The molecule has 4 rings (SSSR count). The van der Waals surface area contributed by atoms with Crippen molar-refractivity contribution in [2.45, 2.75) is 38.3 Å². The van der Waals surface area contributed by atoms with E-state index in [1.807, 2.05) is 13.0 Å². The third-order valence-corrected chi connectivity index (χ3v) is 6.34. The third-order valence-electron chi connectivity index (χ3n) is 6.03. The molecule has 36 heavy (non-hydrogen) atoms. The molecular formula is C27H23ClF3NO4. The second kappa shape index (κ2) is 10.2. The van der Waals surface area contributed by atoms with Crippen molar-refractivity contribution >= 4 is 23.5 Å². The van der Waals surface area contributed by atoms with Crippen LogP contribution >= 0.6 is 11.6 Å². The van der Waals surface area contributed by atoms with Crippen molar-refractivity contribution in [3.63, 3.8) is 0 Å². The molecule has 3 aromatic rings. The van der Waals surface area contributed by atoms with E-state index in [9.17, 15) is 27.9 Å². The maximum Gasteiger partial charge on any atom is 0.323 e. The zero-order valence-electron chi connectivity index (χ0n) is 19.4. The lowest BCUT2D eigenvalue weighted by Gasteiger charge is -2.24. The molecule has 0 aliphatic carbocycles. The molecule has 1 heterocycles. The molecule has 0 saturated carbocycles. The minimum atomic E-state index is -1.27. The summed E-state index contributed by atoms with van der Waals surface area (Å²) in [6.45, 7) is 0.879. The number of amides is 1. The van der Waals surface area contributed by atoms with Gasteiger partial charge in [-0.3, -0.25) is 9.59 Å². The number of aliphatic carboxylic acids is 1. The molecule has 5 nitrogen and oxygen atoms in total. The number of carboxylic acid groups (broad SMARTS) is 1. The second-order valence-electron chi connectivity index (χ2n) is 9.13. The van der Waals surface area contributed by atoms with E-state index in [0.29, 0.717) is 24.2 Å². The Labute approximate surface area is 211 Å². The highest BCUT2D eigenvalue weighted by Crippen LogP contribution is 2.38. The molecule has 3 aromatic carbocycles. The van der Waals surface area contributed by atoms with Crippen molar-refractivity contribution in [1.82, 2.24) is 4.90 Å². The number of carboxylic acids is 1. The molecule has 188 valence electrons. The number of carbonyl (C=O) groups excluding carboxylic acids is 1. The van der Waals surface area contributed by atoms with Gasteiger partial charge in [0.05, 0.1) is 11.4 Å². The molecule has 0 aromatic heterocycles. The topological polar surface area (TPSA) is 66.8 Å². The van der Waals surface area contributed by atoms with E-state index in [2.05, 4.69) is 0 Å². The Hall–Kier alpha value is -3.52. The van der Waals surface area contributed by atoms with Crippen LogP contribution in [0.15, 0.2) is 54.6 Å².